The molecule has 17 heavy (non-hydrogen) atoms. The summed E-state index contributed by atoms with van der Waals surface area (Å²) in [5, 5.41) is 3.31. The highest BCUT2D eigenvalue weighted by molar-refractivity contribution is 7.17. The maximum absolute atomic E-state index is 6.25. The molecule has 0 radical (unpaired) electrons. The van der Waals surface area contributed by atoms with Crippen molar-refractivity contribution in [3.63, 3.8) is 0 Å². The highest BCUT2D eigenvalue weighted by Gasteiger charge is 2.13. The van der Waals surface area contributed by atoms with Gasteiger partial charge in [-0.1, -0.05) is 18.2 Å². The zero-order valence-corrected chi connectivity index (χ0v) is 9.89. The zero-order valence-electron chi connectivity index (χ0n) is 9.08. The molecule has 0 amide bonds. The van der Waals surface area contributed by atoms with Crippen LogP contribution in [0.2, 0.25) is 0 Å². The summed E-state index contributed by atoms with van der Waals surface area (Å²) in [6, 6.07) is 8.07. The lowest BCUT2D eigenvalue weighted by Crippen LogP contribution is -2.13. The Bertz CT molecular complexity index is 633. The average molecular weight is 241 g/mol. The Hall–Kier alpha value is -1.78. The average Bonchev–Trinajstić information content (AvgIpc) is 2.87. The molecule has 2 heterocycles. The summed E-state index contributed by atoms with van der Waals surface area (Å²) in [4.78, 5) is 8.32. The van der Waals surface area contributed by atoms with Crippen LogP contribution in [0.5, 0.6) is 0 Å². The summed E-state index contributed by atoms with van der Waals surface area (Å²) in [6.45, 7) is 0. The van der Waals surface area contributed by atoms with Crippen molar-refractivity contribution in [3.05, 3.63) is 59.5 Å². The number of benzene rings is 1. The van der Waals surface area contributed by atoms with Crippen LogP contribution < -0.4 is 5.73 Å². The summed E-state index contributed by atoms with van der Waals surface area (Å²) in [5.74, 6) is 0. The van der Waals surface area contributed by atoms with Gasteiger partial charge in [-0.05, 0) is 22.4 Å². The number of aromatic nitrogens is 2. The van der Waals surface area contributed by atoms with Crippen molar-refractivity contribution in [3.8, 4) is 0 Å². The number of hydrogen-bond donors (Lipinski definition) is 1. The van der Waals surface area contributed by atoms with Crippen molar-refractivity contribution >= 4 is 21.4 Å². The topological polar surface area (TPSA) is 51.8 Å². The summed E-state index contributed by atoms with van der Waals surface area (Å²) in [7, 11) is 0. The van der Waals surface area contributed by atoms with Crippen molar-refractivity contribution in [1.82, 2.24) is 9.97 Å². The van der Waals surface area contributed by atoms with Gasteiger partial charge in [0.2, 0.25) is 0 Å². The first kappa shape index (κ1) is 10.4. The maximum Gasteiger partial charge on any atom is 0.0799 e. The van der Waals surface area contributed by atoms with Crippen LogP contribution >= 0.6 is 11.3 Å². The fourth-order valence-corrected chi connectivity index (χ4v) is 2.85. The van der Waals surface area contributed by atoms with Gasteiger partial charge in [-0.15, -0.1) is 11.3 Å². The van der Waals surface area contributed by atoms with Gasteiger partial charge in [0.25, 0.3) is 0 Å². The van der Waals surface area contributed by atoms with E-state index in [0.29, 0.717) is 0 Å². The van der Waals surface area contributed by atoms with Crippen LogP contribution in [-0.2, 0) is 0 Å². The first-order valence-corrected chi connectivity index (χ1v) is 6.22. The minimum atomic E-state index is -0.217. The highest BCUT2D eigenvalue weighted by atomic mass is 32.1. The predicted molar refractivity (Wildman–Crippen MR) is 69.9 cm³/mol. The third kappa shape index (κ3) is 1.81. The second-order valence-electron chi connectivity index (χ2n) is 3.79. The Balaban J connectivity index is 2.13. The SMILES string of the molecule is NC(c1cnccn1)c1cccc2ccsc12. The summed E-state index contributed by atoms with van der Waals surface area (Å²) >= 11 is 1.71. The van der Waals surface area contributed by atoms with E-state index in [-0.39, 0.29) is 6.04 Å². The number of thiophene rings is 1. The van der Waals surface area contributed by atoms with E-state index in [1.54, 1.807) is 29.9 Å². The standard InChI is InChI=1S/C13H11N3S/c14-12(11-8-15-5-6-16-11)10-3-1-2-9-4-7-17-13(9)10/h1-8,12H,14H2. The third-order valence-corrected chi connectivity index (χ3v) is 3.73. The molecule has 1 unspecified atom stereocenters. The molecule has 1 aromatic carbocycles. The van der Waals surface area contributed by atoms with Crippen LogP contribution in [0.3, 0.4) is 0 Å². The third-order valence-electron chi connectivity index (χ3n) is 2.75. The molecule has 0 aliphatic carbocycles. The van der Waals surface area contributed by atoms with Gasteiger partial charge in [0.15, 0.2) is 0 Å². The number of hydrogen-bond acceptors (Lipinski definition) is 4. The van der Waals surface area contributed by atoms with E-state index in [9.17, 15) is 0 Å². The van der Waals surface area contributed by atoms with Crippen LogP contribution in [0.25, 0.3) is 10.1 Å². The molecule has 0 aliphatic rings. The quantitative estimate of drug-likeness (QED) is 0.750. The first-order chi connectivity index (χ1) is 8.36. The number of rotatable bonds is 2. The van der Waals surface area contributed by atoms with Gasteiger partial charge in [-0.2, -0.15) is 0 Å². The zero-order chi connectivity index (χ0) is 11.7. The lowest BCUT2D eigenvalue weighted by Gasteiger charge is -2.11. The molecule has 0 saturated carbocycles. The molecule has 0 spiro atoms. The molecule has 2 N–H and O–H groups in total. The van der Waals surface area contributed by atoms with E-state index in [1.807, 2.05) is 6.07 Å². The molecule has 3 aromatic rings. The van der Waals surface area contributed by atoms with Crippen LogP contribution in [0.1, 0.15) is 17.3 Å². The molecule has 84 valence electrons. The molecule has 1 atom stereocenters. The smallest absolute Gasteiger partial charge is 0.0799 e. The van der Waals surface area contributed by atoms with E-state index in [4.69, 9.17) is 5.73 Å². The second-order valence-corrected chi connectivity index (χ2v) is 4.71. The second kappa shape index (κ2) is 4.24. The van der Waals surface area contributed by atoms with Gasteiger partial charge in [-0.3, -0.25) is 9.97 Å². The summed E-state index contributed by atoms with van der Waals surface area (Å²) in [5.41, 5.74) is 8.15. The highest BCUT2D eigenvalue weighted by Crippen LogP contribution is 2.30. The number of nitrogens with two attached hydrogens (primary N) is 1. The van der Waals surface area contributed by atoms with E-state index in [0.717, 1.165) is 11.3 Å². The van der Waals surface area contributed by atoms with Gasteiger partial charge in [0, 0.05) is 17.1 Å². The lowest BCUT2D eigenvalue weighted by atomic mass is 10.0. The Kier molecular flexibility index (Phi) is 2.59. The summed E-state index contributed by atoms with van der Waals surface area (Å²) in [6.07, 6.45) is 5.04. The lowest BCUT2D eigenvalue weighted by molar-refractivity contribution is 0.826. The van der Waals surface area contributed by atoms with E-state index >= 15 is 0 Å². The molecule has 0 aliphatic heterocycles. The molecule has 3 nitrogen and oxygen atoms in total. The molecule has 0 saturated heterocycles. The number of fused-ring (bicyclic) bond motifs is 1. The monoisotopic (exact) mass is 241 g/mol. The normalized spacial score (nSPS) is 12.8. The van der Waals surface area contributed by atoms with Crippen LogP contribution in [0, 0.1) is 0 Å². The van der Waals surface area contributed by atoms with Gasteiger partial charge < -0.3 is 5.73 Å². The minimum absolute atomic E-state index is 0.217. The molecular formula is C13H11N3S. The van der Waals surface area contributed by atoms with Gasteiger partial charge in [0.05, 0.1) is 17.9 Å². The molecule has 0 fully saturated rings. The Labute approximate surface area is 103 Å². The Morgan fingerprint density at radius 3 is 2.94 bits per heavy atom. The van der Waals surface area contributed by atoms with E-state index in [1.165, 1.54) is 10.1 Å². The van der Waals surface area contributed by atoms with Crippen LogP contribution in [0.15, 0.2) is 48.2 Å². The maximum atomic E-state index is 6.25. The predicted octanol–water partition coefficient (Wildman–Crippen LogP) is 2.74. The van der Waals surface area contributed by atoms with Crippen molar-refractivity contribution in [2.24, 2.45) is 5.73 Å². The van der Waals surface area contributed by atoms with Gasteiger partial charge in [-0.25, -0.2) is 0 Å². The Morgan fingerprint density at radius 1 is 1.18 bits per heavy atom. The van der Waals surface area contributed by atoms with Crippen LogP contribution in [-0.4, -0.2) is 9.97 Å². The van der Waals surface area contributed by atoms with Crippen molar-refractivity contribution in [1.29, 1.82) is 0 Å². The van der Waals surface area contributed by atoms with E-state index < -0.39 is 0 Å². The fourth-order valence-electron chi connectivity index (χ4n) is 1.89. The van der Waals surface area contributed by atoms with E-state index in [2.05, 4.69) is 33.5 Å². The van der Waals surface area contributed by atoms with Crippen LogP contribution in [0.4, 0.5) is 0 Å². The molecule has 2 aromatic heterocycles. The van der Waals surface area contributed by atoms with Gasteiger partial charge >= 0.3 is 0 Å². The molecule has 3 rings (SSSR count). The van der Waals surface area contributed by atoms with Crippen molar-refractivity contribution < 1.29 is 0 Å². The number of nitrogens with zero attached hydrogens (tertiary/aromatic N) is 2. The summed E-state index contributed by atoms with van der Waals surface area (Å²) < 4.78 is 1.23. The molecular weight excluding hydrogens is 230 g/mol. The van der Waals surface area contributed by atoms with Crippen molar-refractivity contribution in [2.75, 3.05) is 0 Å². The van der Waals surface area contributed by atoms with Crippen molar-refractivity contribution in [2.45, 2.75) is 6.04 Å². The molecule has 4 heteroatoms. The fraction of sp³-hybridized carbons (Fsp3) is 0.0769. The Morgan fingerprint density at radius 2 is 2.12 bits per heavy atom. The minimum Gasteiger partial charge on any atom is -0.319 e. The first-order valence-electron chi connectivity index (χ1n) is 5.34. The molecule has 0 bridgehead atoms. The van der Waals surface area contributed by atoms with Gasteiger partial charge in [0.1, 0.15) is 0 Å². The largest absolute Gasteiger partial charge is 0.319 e.